The standard InChI is InChI=1S/C12H20O2/c1-8-11(2,3)9-5-6-12(8,7-9)10(13)14-4/h8-9H,5-7H2,1-4H3/t8-,9-,12+/m0/s1. The summed E-state index contributed by atoms with van der Waals surface area (Å²) in [6.45, 7) is 6.81. The molecule has 0 aromatic heterocycles. The maximum Gasteiger partial charge on any atom is 0.312 e. The van der Waals surface area contributed by atoms with Gasteiger partial charge >= 0.3 is 5.97 Å². The number of rotatable bonds is 1. The number of esters is 1. The predicted octanol–water partition coefficient (Wildman–Crippen LogP) is 2.62. The Hall–Kier alpha value is -0.530. The summed E-state index contributed by atoms with van der Waals surface area (Å²) in [7, 11) is 1.52. The van der Waals surface area contributed by atoms with E-state index in [-0.39, 0.29) is 11.4 Å². The monoisotopic (exact) mass is 196 g/mol. The number of ether oxygens (including phenoxy) is 1. The van der Waals surface area contributed by atoms with E-state index in [0.29, 0.717) is 11.3 Å². The van der Waals surface area contributed by atoms with Crippen LogP contribution in [0.2, 0.25) is 0 Å². The number of hydrogen-bond acceptors (Lipinski definition) is 2. The molecule has 0 amide bonds. The third-order valence-electron chi connectivity index (χ3n) is 5.14. The molecule has 2 aliphatic rings. The summed E-state index contributed by atoms with van der Waals surface area (Å²) in [5, 5.41) is 0. The second-order valence-corrected chi connectivity index (χ2v) is 5.63. The van der Waals surface area contributed by atoms with Crippen molar-refractivity contribution in [1.82, 2.24) is 0 Å². The molecule has 2 aliphatic carbocycles. The van der Waals surface area contributed by atoms with Crippen molar-refractivity contribution in [2.45, 2.75) is 40.0 Å². The Morgan fingerprint density at radius 2 is 2.07 bits per heavy atom. The Bertz CT molecular complexity index is 269. The average molecular weight is 196 g/mol. The SMILES string of the molecule is COC(=O)[C@]12CC[C@@H](C1)C(C)(C)[C@@H]2C. The average Bonchev–Trinajstić information content (AvgIpc) is 2.66. The van der Waals surface area contributed by atoms with Gasteiger partial charge in [0.1, 0.15) is 0 Å². The molecule has 0 spiro atoms. The minimum atomic E-state index is -0.150. The lowest BCUT2D eigenvalue weighted by Gasteiger charge is -2.40. The molecule has 14 heavy (non-hydrogen) atoms. The molecule has 0 unspecified atom stereocenters. The summed E-state index contributed by atoms with van der Waals surface area (Å²) in [5.74, 6) is 1.20. The lowest BCUT2D eigenvalue weighted by Crippen LogP contribution is -2.40. The lowest BCUT2D eigenvalue weighted by atomic mass is 9.64. The molecule has 2 saturated carbocycles. The number of carbonyl (C=O) groups is 1. The minimum absolute atomic E-state index is 0.0260. The summed E-state index contributed by atoms with van der Waals surface area (Å²) in [4.78, 5) is 11.9. The van der Waals surface area contributed by atoms with E-state index >= 15 is 0 Å². The van der Waals surface area contributed by atoms with Gasteiger partial charge in [0.2, 0.25) is 0 Å². The van der Waals surface area contributed by atoms with Crippen molar-refractivity contribution in [3.63, 3.8) is 0 Å². The Morgan fingerprint density at radius 1 is 1.43 bits per heavy atom. The van der Waals surface area contributed by atoms with Crippen LogP contribution in [0.25, 0.3) is 0 Å². The van der Waals surface area contributed by atoms with E-state index < -0.39 is 0 Å². The highest BCUT2D eigenvalue weighted by Crippen LogP contribution is 2.66. The molecule has 0 saturated heterocycles. The number of fused-ring (bicyclic) bond motifs is 2. The highest BCUT2D eigenvalue weighted by atomic mass is 16.5. The van der Waals surface area contributed by atoms with Crippen molar-refractivity contribution in [3.8, 4) is 0 Å². The molecule has 0 aromatic carbocycles. The van der Waals surface area contributed by atoms with Crippen molar-refractivity contribution >= 4 is 5.97 Å². The Balaban J connectivity index is 2.35. The van der Waals surface area contributed by atoms with Crippen molar-refractivity contribution in [2.75, 3.05) is 7.11 Å². The third kappa shape index (κ3) is 0.945. The molecule has 80 valence electrons. The van der Waals surface area contributed by atoms with E-state index in [1.54, 1.807) is 0 Å². The van der Waals surface area contributed by atoms with E-state index in [4.69, 9.17) is 4.74 Å². The van der Waals surface area contributed by atoms with Crippen molar-refractivity contribution in [2.24, 2.45) is 22.7 Å². The molecule has 0 radical (unpaired) electrons. The maximum atomic E-state index is 11.9. The fourth-order valence-corrected chi connectivity index (χ4v) is 3.74. The first-order valence-electron chi connectivity index (χ1n) is 5.53. The summed E-state index contributed by atoms with van der Waals surface area (Å²) >= 11 is 0. The molecule has 2 bridgehead atoms. The van der Waals surface area contributed by atoms with Crippen molar-refractivity contribution in [3.05, 3.63) is 0 Å². The van der Waals surface area contributed by atoms with E-state index in [1.807, 2.05) is 0 Å². The van der Waals surface area contributed by atoms with Crippen LogP contribution in [0.4, 0.5) is 0 Å². The highest BCUT2D eigenvalue weighted by Gasteiger charge is 2.63. The minimum Gasteiger partial charge on any atom is -0.469 e. The van der Waals surface area contributed by atoms with Crippen LogP contribution in [0.15, 0.2) is 0 Å². The molecule has 2 fully saturated rings. The van der Waals surface area contributed by atoms with Gasteiger partial charge in [0.05, 0.1) is 12.5 Å². The summed E-state index contributed by atoms with van der Waals surface area (Å²) in [5.41, 5.74) is 0.162. The third-order valence-corrected chi connectivity index (χ3v) is 5.14. The zero-order valence-corrected chi connectivity index (χ0v) is 9.59. The maximum absolute atomic E-state index is 11.9. The number of methoxy groups -OCH3 is 1. The Kier molecular flexibility index (Phi) is 1.96. The van der Waals surface area contributed by atoms with Crippen LogP contribution in [-0.4, -0.2) is 13.1 Å². The molecule has 0 heterocycles. The fraction of sp³-hybridized carbons (Fsp3) is 0.917. The van der Waals surface area contributed by atoms with Gasteiger partial charge in [-0.05, 0) is 36.5 Å². The summed E-state index contributed by atoms with van der Waals surface area (Å²) in [6.07, 6.45) is 3.29. The molecular formula is C12H20O2. The molecule has 3 atom stereocenters. The van der Waals surface area contributed by atoms with Gasteiger partial charge in [-0.15, -0.1) is 0 Å². The Labute approximate surface area is 86.0 Å². The fourth-order valence-electron chi connectivity index (χ4n) is 3.74. The quantitative estimate of drug-likeness (QED) is 0.603. The molecular weight excluding hydrogens is 176 g/mol. The van der Waals surface area contributed by atoms with Crippen LogP contribution < -0.4 is 0 Å². The zero-order valence-electron chi connectivity index (χ0n) is 9.59. The van der Waals surface area contributed by atoms with Crippen LogP contribution >= 0.6 is 0 Å². The van der Waals surface area contributed by atoms with Gasteiger partial charge in [-0.3, -0.25) is 4.79 Å². The van der Waals surface area contributed by atoms with Gasteiger partial charge in [0, 0.05) is 0 Å². The van der Waals surface area contributed by atoms with E-state index in [9.17, 15) is 4.79 Å². The first-order chi connectivity index (χ1) is 6.45. The Morgan fingerprint density at radius 3 is 2.50 bits per heavy atom. The number of carbonyl (C=O) groups excluding carboxylic acids is 1. The summed E-state index contributed by atoms with van der Waals surface area (Å²) < 4.78 is 4.98. The van der Waals surface area contributed by atoms with E-state index in [1.165, 1.54) is 13.5 Å². The zero-order chi connectivity index (χ0) is 10.6. The van der Waals surface area contributed by atoms with Crippen LogP contribution in [0.1, 0.15) is 40.0 Å². The predicted molar refractivity (Wildman–Crippen MR) is 54.7 cm³/mol. The van der Waals surface area contributed by atoms with Gasteiger partial charge in [-0.2, -0.15) is 0 Å². The largest absolute Gasteiger partial charge is 0.469 e. The van der Waals surface area contributed by atoms with Crippen LogP contribution in [0.5, 0.6) is 0 Å². The lowest BCUT2D eigenvalue weighted by molar-refractivity contribution is -0.156. The molecule has 2 rings (SSSR count). The van der Waals surface area contributed by atoms with Gasteiger partial charge in [-0.1, -0.05) is 20.8 Å². The summed E-state index contributed by atoms with van der Waals surface area (Å²) in [6, 6.07) is 0. The number of hydrogen-bond donors (Lipinski definition) is 0. The smallest absolute Gasteiger partial charge is 0.312 e. The normalized spacial score (nSPS) is 44.0. The molecule has 0 N–H and O–H groups in total. The van der Waals surface area contributed by atoms with Gasteiger partial charge in [0.15, 0.2) is 0 Å². The van der Waals surface area contributed by atoms with Crippen LogP contribution in [0, 0.1) is 22.7 Å². The van der Waals surface area contributed by atoms with E-state index in [0.717, 1.165) is 18.8 Å². The molecule has 0 aromatic rings. The van der Waals surface area contributed by atoms with Gasteiger partial charge < -0.3 is 4.74 Å². The first kappa shape index (κ1) is 10.0. The van der Waals surface area contributed by atoms with Gasteiger partial charge in [0.25, 0.3) is 0 Å². The van der Waals surface area contributed by atoms with Crippen LogP contribution in [0.3, 0.4) is 0 Å². The topological polar surface area (TPSA) is 26.3 Å². The molecule has 2 nitrogen and oxygen atoms in total. The van der Waals surface area contributed by atoms with Gasteiger partial charge in [-0.25, -0.2) is 0 Å². The first-order valence-corrected chi connectivity index (χ1v) is 5.53. The highest BCUT2D eigenvalue weighted by molar-refractivity contribution is 5.78. The van der Waals surface area contributed by atoms with Crippen LogP contribution in [-0.2, 0) is 9.53 Å². The van der Waals surface area contributed by atoms with E-state index in [2.05, 4.69) is 20.8 Å². The van der Waals surface area contributed by atoms with Crippen molar-refractivity contribution < 1.29 is 9.53 Å². The molecule has 2 heteroatoms. The molecule has 0 aliphatic heterocycles. The van der Waals surface area contributed by atoms with Crippen molar-refractivity contribution in [1.29, 1.82) is 0 Å². The second kappa shape index (κ2) is 2.74. The second-order valence-electron chi connectivity index (χ2n) is 5.63.